The summed E-state index contributed by atoms with van der Waals surface area (Å²) in [6, 6.07) is 0. The van der Waals surface area contributed by atoms with E-state index in [0.717, 1.165) is 32.5 Å². The summed E-state index contributed by atoms with van der Waals surface area (Å²) < 4.78 is 0. The molecule has 5 nitrogen and oxygen atoms in total. The van der Waals surface area contributed by atoms with E-state index in [1.165, 1.54) is 19.5 Å². The van der Waals surface area contributed by atoms with Crippen molar-refractivity contribution in [3.8, 4) is 0 Å². The molecule has 0 aromatic heterocycles. The van der Waals surface area contributed by atoms with Gasteiger partial charge in [0, 0.05) is 18.5 Å². The summed E-state index contributed by atoms with van der Waals surface area (Å²) >= 11 is 0. The maximum atomic E-state index is 8.73. The van der Waals surface area contributed by atoms with Gasteiger partial charge < -0.3 is 20.7 Å². The Morgan fingerprint density at radius 2 is 2.00 bits per heavy atom. The van der Waals surface area contributed by atoms with Crippen LogP contribution in [0.3, 0.4) is 0 Å². The molecule has 0 atom stereocenters. The molecule has 0 aliphatic carbocycles. The molecule has 0 aromatic carbocycles. The van der Waals surface area contributed by atoms with Crippen LogP contribution in [-0.2, 0) is 0 Å². The molecule has 1 saturated heterocycles. The lowest BCUT2D eigenvalue weighted by Crippen LogP contribution is -2.34. The number of nitrogens with zero attached hydrogens (tertiary/aromatic N) is 3. The Kier molecular flexibility index (Phi) is 5.88. The van der Waals surface area contributed by atoms with E-state index in [0.29, 0.717) is 5.84 Å². The first-order valence-corrected chi connectivity index (χ1v) is 6.84. The highest BCUT2D eigenvalue weighted by atomic mass is 16.4. The largest absolute Gasteiger partial charge is 0.409 e. The first kappa shape index (κ1) is 15.2. The van der Waals surface area contributed by atoms with Gasteiger partial charge in [-0.25, -0.2) is 0 Å². The fourth-order valence-corrected chi connectivity index (χ4v) is 2.33. The van der Waals surface area contributed by atoms with Crippen LogP contribution in [0.2, 0.25) is 0 Å². The number of amidine groups is 1. The predicted molar refractivity (Wildman–Crippen MR) is 75.0 cm³/mol. The summed E-state index contributed by atoms with van der Waals surface area (Å²) in [5, 5.41) is 11.9. The highest BCUT2D eigenvalue weighted by molar-refractivity contribution is 5.85. The second kappa shape index (κ2) is 6.95. The van der Waals surface area contributed by atoms with Crippen LogP contribution >= 0.6 is 0 Å². The van der Waals surface area contributed by atoms with Gasteiger partial charge >= 0.3 is 0 Å². The van der Waals surface area contributed by atoms with Crippen LogP contribution in [0.25, 0.3) is 0 Å². The topological polar surface area (TPSA) is 65.1 Å². The van der Waals surface area contributed by atoms with E-state index in [4.69, 9.17) is 10.9 Å². The molecular weight excluding hydrogens is 228 g/mol. The Hall–Kier alpha value is -0.810. The third-order valence-corrected chi connectivity index (χ3v) is 3.89. The Balaban J connectivity index is 2.29. The zero-order valence-electron chi connectivity index (χ0n) is 12.0. The molecule has 1 fully saturated rings. The van der Waals surface area contributed by atoms with Crippen LogP contribution in [0.1, 0.15) is 33.1 Å². The maximum Gasteiger partial charge on any atom is 0.144 e. The predicted octanol–water partition coefficient (Wildman–Crippen LogP) is 1.18. The van der Waals surface area contributed by atoms with Crippen molar-refractivity contribution in [3.63, 3.8) is 0 Å². The molecular formula is C13H28N4O. The number of likely N-dealkylation sites (N-methyl/N-ethyl adjacent to an activating group) is 1. The third-order valence-electron chi connectivity index (χ3n) is 3.89. The average molecular weight is 256 g/mol. The van der Waals surface area contributed by atoms with Gasteiger partial charge in [0.05, 0.1) is 0 Å². The molecule has 3 N–H and O–H groups in total. The average Bonchev–Trinajstić information content (AvgIpc) is 2.53. The number of nitrogens with two attached hydrogens (primary N) is 1. The van der Waals surface area contributed by atoms with E-state index in [2.05, 4.69) is 22.0 Å². The number of oxime groups is 1. The molecule has 0 amide bonds. The second-order valence-corrected chi connectivity index (χ2v) is 5.97. The molecule has 1 aliphatic rings. The van der Waals surface area contributed by atoms with Crippen LogP contribution in [0.4, 0.5) is 0 Å². The van der Waals surface area contributed by atoms with Gasteiger partial charge in [-0.1, -0.05) is 19.0 Å². The van der Waals surface area contributed by atoms with Crippen molar-refractivity contribution in [1.82, 2.24) is 9.80 Å². The molecule has 0 saturated carbocycles. The summed E-state index contributed by atoms with van der Waals surface area (Å²) in [4.78, 5) is 4.91. The van der Waals surface area contributed by atoms with Crippen LogP contribution in [0.5, 0.6) is 0 Å². The summed E-state index contributed by atoms with van der Waals surface area (Å²) in [5.74, 6) is 0.332. The van der Waals surface area contributed by atoms with Crippen molar-refractivity contribution in [2.45, 2.75) is 33.1 Å². The fourth-order valence-electron chi connectivity index (χ4n) is 2.33. The first-order valence-electron chi connectivity index (χ1n) is 6.84. The van der Waals surface area contributed by atoms with Crippen molar-refractivity contribution in [3.05, 3.63) is 0 Å². The van der Waals surface area contributed by atoms with E-state index < -0.39 is 0 Å². The maximum absolute atomic E-state index is 8.73. The van der Waals surface area contributed by atoms with E-state index >= 15 is 0 Å². The van der Waals surface area contributed by atoms with Crippen LogP contribution in [-0.4, -0.2) is 60.6 Å². The molecule has 0 spiro atoms. The Labute approximate surface area is 111 Å². The molecule has 1 rings (SSSR count). The standard InChI is InChI=1S/C13H28N4O/c1-13(2,12(14)15-18)6-4-8-17-9-5-7-16(3)10-11-17/h18H,4-11H2,1-3H3,(H2,14,15). The van der Waals surface area contributed by atoms with Gasteiger partial charge in [-0.3, -0.25) is 0 Å². The van der Waals surface area contributed by atoms with Crippen molar-refractivity contribution in [2.24, 2.45) is 16.3 Å². The van der Waals surface area contributed by atoms with Gasteiger partial charge in [0.15, 0.2) is 0 Å². The molecule has 1 aliphatic heterocycles. The van der Waals surface area contributed by atoms with E-state index in [1.807, 2.05) is 13.8 Å². The first-order chi connectivity index (χ1) is 8.45. The SMILES string of the molecule is CN1CCCN(CCCC(C)(C)C(N)=NO)CC1. The summed E-state index contributed by atoms with van der Waals surface area (Å²) in [6.07, 6.45) is 3.29. The molecule has 1 heterocycles. The van der Waals surface area contributed by atoms with Gasteiger partial charge in [-0.05, 0) is 45.9 Å². The van der Waals surface area contributed by atoms with Crippen LogP contribution in [0, 0.1) is 5.41 Å². The lowest BCUT2D eigenvalue weighted by Gasteiger charge is -2.25. The van der Waals surface area contributed by atoms with Crippen molar-refractivity contribution < 1.29 is 5.21 Å². The molecule has 0 aromatic rings. The zero-order valence-corrected chi connectivity index (χ0v) is 12.0. The highest BCUT2D eigenvalue weighted by Crippen LogP contribution is 2.22. The van der Waals surface area contributed by atoms with Crippen molar-refractivity contribution in [2.75, 3.05) is 39.8 Å². The summed E-state index contributed by atoms with van der Waals surface area (Å²) in [5.41, 5.74) is 5.48. The normalized spacial score (nSPS) is 20.9. The molecule has 18 heavy (non-hydrogen) atoms. The minimum atomic E-state index is -0.211. The quantitative estimate of drug-likeness (QED) is 0.335. The minimum absolute atomic E-state index is 0.211. The van der Waals surface area contributed by atoms with Crippen molar-refractivity contribution >= 4 is 5.84 Å². The molecule has 0 bridgehead atoms. The Bertz CT molecular complexity index is 278. The second-order valence-electron chi connectivity index (χ2n) is 5.97. The number of hydrogen-bond acceptors (Lipinski definition) is 4. The summed E-state index contributed by atoms with van der Waals surface area (Å²) in [6.45, 7) is 9.86. The molecule has 0 unspecified atom stereocenters. The monoisotopic (exact) mass is 256 g/mol. The summed E-state index contributed by atoms with van der Waals surface area (Å²) in [7, 11) is 2.19. The Morgan fingerprint density at radius 1 is 1.28 bits per heavy atom. The van der Waals surface area contributed by atoms with Crippen molar-refractivity contribution in [1.29, 1.82) is 0 Å². The van der Waals surface area contributed by atoms with Gasteiger partial charge in [0.2, 0.25) is 0 Å². The van der Waals surface area contributed by atoms with E-state index in [9.17, 15) is 0 Å². The lowest BCUT2D eigenvalue weighted by atomic mass is 9.86. The molecule has 0 radical (unpaired) electrons. The van der Waals surface area contributed by atoms with E-state index in [-0.39, 0.29) is 5.41 Å². The third kappa shape index (κ3) is 4.82. The van der Waals surface area contributed by atoms with Gasteiger partial charge in [-0.15, -0.1) is 0 Å². The van der Waals surface area contributed by atoms with Gasteiger partial charge in [0.1, 0.15) is 5.84 Å². The number of rotatable bonds is 5. The highest BCUT2D eigenvalue weighted by Gasteiger charge is 2.23. The fraction of sp³-hybridized carbons (Fsp3) is 0.923. The van der Waals surface area contributed by atoms with Crippen LogP contribution in [0.15, 0.2) is 5.16 Å². The number of hydrogen-bond donors (Lipinski definition) is 2. The lowest BCUT2D eigenvalue weighted by molar-refractivity contribution is 0.258. The zero-order chi connectivity index (χ0) is 13.6. The van der Waals surface area contributed by atoms with Gasteiger partial charge in [-0.2, -0.15) is 0 Å². The van der Waals surface area contributed by atoms with Crippen LogP contribution < -0.4 is 5.73 Å². The van der Waals surface area contributed by atoms with E-state index in [1.54, 1.807) is 0 Å². The molecule has 106 valence electrons. The van der Waals surface area contributed by atoms with Gasteiger partial charge in [0.25, 0.3) is 0 Å². The Morgan fingerprint density at radius 3 is 2.67 bits per heavy atom. The smallest absolute Gasteiger partial charge is 0.144 e. The minimum Gasteiger partial charge on any atom is -0.409 e. The molecule has 5 heteroatoms.